The Bertz CT molecular complexity index is 710. The van der Waals surface area contributed by atoms with Gasteiger partial charge in [0.05, 0.1) is 18.0 Å². The van der Waals surface area contributed by atoms with Crippen molar-refractivity contribution in [1.82, 2.24) is 4.90 Å². The minimum absolute atomic E-state index is 0.774. The zero-order valence-corrected chi connectivity index (χ0v) is 19.1. The number of aryl methyl sites for hydroxylation is 1. The van der Waals surface area contributed by atoms with E-state index in [2.05, 4.69) is 48.2 Å². The second-order valence-electron chi connectivity index (χ2n) is 8.03. The molecule has 0 amide bonds. The van der Waals surface area contributed by atoms with E-state index in [0.29, 0.717) is 0 Å². The Morgan fingerprint density at radius 2 is 1.33 bits per heavy atom. The van der Waals surface area contributed by atoms with Gasteiger partial charge in [-0.15, -0.1) is 0 Å². The lowest BCUT2D eigenvalue weighted by Gasteiger charge is -2.14. The summed E-state index contributed by atoms with van der Waals surface area (Å²) in [5, 5.41) is 8.67. The lowest BCUT2D eigenvalue weighted by atomic mass is 10.1. The highest BCUT2D eigenvalue weighted by Crippen LogP contribution is 2.22. The molecule has 0 bridgehead atoms. The Hall–Kier alpha value is -2.20. The molecule has 0 radical (unpaired) electrons. The van der Waals surface area contributed by atoms with Crippen LogP contribution in [0.1, 0.15) is 64.4 Å². The summed E-state index contributed by atoms with van der Waals surface area (Å²) in [7, 11) is 2.21. The van der Waals surface area contributed by atoms with E-state index in [-0.39, 0.29) is 0 Å². The standard InChI is InChI=1S/C26H39N3O/c1-4-6-11-23-12-14-24(15-13-23)27-28-25-16-18-26(19-17-25)30-22-10-8-7-9-21-29(3)20-5-2/h12-19H,4-11,20-22H2,1-3H3. The molecule has 2 rings (SSSR count). The van der Waals surface area contributed by atoms with Crippen LogP contribution in [0, 0.1) is 0 Å². The Labute approximate surface area is 183 Å². The van der Waals surface area contributed by atoms with Crippen molar-refractivity contribution in [3.63, 3.8) is 0 Å². The van der Waals surface area contributed by atoms with E-state index < -0.39 is 0 Å². The molecule has 2 aromatic rings. The van der Waals surface area contributed by atoms with E-state index >= 15 is 0 Å². The molecule has 0 aliphatic carbocycles. The molecule has 0 saturated heterocycles. The Morgan fingerprint density at radius 1 is 0.700 bits per heavy atom. The fraction of sp³-hybridized carbons (Fsp3) is 0.538. The summed E-state index contributed by atoms with van der Waals surface area (Å²) in [6, 6.07) is 16.2. The number of unbranched alkanes of at least 4 members (excludes halogenated alkanes) is 4. The van der Waals surface area contributed by atoms with Gasteiger partial charge in [0.15, 0.2) is 0 Å². The minimum atomic E-state index is 0.774. The number of hydrogen-bond donors (Lipinski definition) is 0. The molecule has 0 atom stereocenters. The lowest BCUT2D eigenvalue weighted by Crippen LogP contribution is -2.20. The number of benzene rings is 2. The number of nitrogens with zero attached hydrogens (tertiary/aromatic N) is 3. The van der Waals surface area contributed by atoms with Gasteiger partial charge in [0.25, 0.3) is 0 Å². The van der Waals surface area contributed by atoms with Crippen LogP contribution < -0.4 is 4.74 Å². The van der Waals surface area contributed by atoms with Crippen molar-refractivity contribution < 1.29 is 4.74 Å². The molecule has 0 aliphatic rings. The first-order valence-electron chi connectivity index (χ1n) is 11.6. The summed E-state index contributed by atoms with van der Waals surface area (Å²) in [6.45, 7) is 7.62. The average molecular weight is 410 g/mol. The molecule has 0 N–H and O–H groups in total. The average Bonchev–Trinajstić information content (AvgIpc) is 2.77. The fourth-order valence-corrected chi connectivity index (χ4v) is 3.36. The van der Waals surface area contributed by atoms with E-state index in [1.165, 1.54) is 57.2 Å². The summed E-state index contributed by atoms with van der Waals surface area (Å²) in [6.07, 6.45) is 9.69. The second kappa shape index (κ2) is 14.7. The molecule has 0 saturated carbocycles. The molecule has 0 aromatic heterocycles. The topological polar surface area (TPSA) is 37.2 Å². The third kappa shape index (κ3) is 10.0. The normalized spacial score (nSPS) is 11.5. The van der Waals surface area contributed by atoms with Crippen LogP contribution in [0.2, 0.25) is 0 Å². The first-order chi connectivity index (χ1) is 14.7. The SMILES string of the molecule is CCCCc1ccc(N=Nc2ccc(OCCCCCCN(C)CCC)cc2)cc1. The molecule has 0 aliphatic heterocycles. The van der Waals surface area contributed by atoms with Crippen molar-refractivity contribution in [2.24, 2.45) is 10.2 Å². The zero-order valence-electron chi connectivity index (χ0n) is 19.1. The highest BCUT2D eigenvalue weighted by Gasteiger charge is 1.99. The van der Waals surface area contributed by atoms with Crippen LogP contribution in [-0.2, 0) is 6.42 Å². The molecule has 30 heavy (non-hydrogen) atoms. The molecule has 0 spiro atoms. The second-order valence-corrected chi connectivity index (χ2v) is 8.03. The predicted octanol–water partition coefficient (Wildman–Crippen LogP) is 7.73. The predicted molar refractivity (Wildman–Crippen MR) is 127 cm³/mol. The maximum Gasteiger partial charge on any atom is 0.119 e. The van der Waals surface area contributed by atoms with Crippen LogP contribution >= 0.6 is 0 Å². The maximum atomic E-state index is 5.85. The van der Waals surface area contributed by atoms with Gasteiger partial charge in [-0.25, -0.2) is 0 Å². The number of azo groups is 1. The van der Waals surface area contributed by atoms with Gasteiger partial charge in [0.2, 0.25) is 0 Å². The summed E-state index contributed by atoms with van der Waals surface area (Å²) in [5.41, 5.74) is 3.09. The third-order valence-electron chi connectivity index (χ3n) is 5.18. The van der Waals surface area contributed by atoms with Gasteiger partial charge < -0.3 is 9.64 Å². The highest BCUT2D eigenvalue weighted by molar-refractivity contribution is 5.43. The first-order valence-corrected chi connectivity index (χ1v) is 11.6. The van der Waals surface area contributed by atoms with E-state index in [1.54, 1.807) is 0 Å². The van der Waals surface area contributed by atoms with Crippen molar-refractivity contribution in [3.05, 3.63) is 54.1 Å². The van der Waals surface area contributed by atoms with Crippen LogP contribution in [0.15, 0.2) is 58.8 Å². The van der Waals surface area contributed by atoms with Gasteiger partial charge in [-0.05, 0) is 94.2 Å². The van der Waals surface area contributed by atoms with E-state index in [9.17, 15) is 0 Å². The molecule has 4 nitrogen and oxygen atoms in total. The van der Waals surface area contributed by atoms with Gasteiger partial charge in [0.1, 0.15) is 5.75 Å². The molecular formula is C26H39N3O. The fourth-order valence-electron chi connectivity index (χ4n) is 3.36. The van der Waals surface area contributed by atoms with E-state index in [0.717, 1.165) is 36.6 Å². The van der Waals surface area contributed by atoms with E-state index in [4.69, 9.17) is 4.74 Å². The molecular weight excluding hydrogens is 370 g/mol. The quantitative estimate of drug-likeness (QED) is 0.223. The summed E-state index contributed by atoms with van der Waals surface area (Å²) < 4.78 is 5.85. The van der Waals surface area contributed by atoms with Crippen molar-refractivity contribution in [2.75, 3.05) is 26.7 Å². The van der Waals surface area contributed by atoms with Gasteiger partial charge in [0, 0.05) is 0 Å². The minimum Gasteiger partial charge on any atom is -0.494 e. The van der Waals surface area contributed by atoms with Crippen molar-refractivity contribution in [2.45, 2.75) is 65.2 Å². The Kier molecular flexibility index (Phi) is 11.8. The van der Waals surface area contributed by atoms with Crippen molar-refractivity contribution in [1.29, 1.82) is 0 Å². The van der Waals surface area contributed by atoms with Crippen LogP contribution in [0.5, 0.6) is 5.75 Å². The summed E-state index contributed by atoms with van der Waals surface area (Å²) >= 11 is 0. The van der Waals surface area contributed by atoms with E-state index in [1.807, 2.05) is 36.4 Å². The van der Waals surface area contributed by atoms with Crippen molar-refractivity contribution in [3.8, 4) is 5.75 Å². The lowest BCUT2D eigenvalue weighted by molar-refractivity contribution is 0.296. The summed E-state index contributed by atoms with van der Waals surface area (Å²) in [4.78, 5) is 2.41. The largest absolute Gasteiger partial charge is 0.494 e. The van der Waals surface area contributed by atoms with Crippen molar-refractivity contribution >= 4 is 11.4 Å². The maximum absolute atomic E-state index is 5.85. The van der Waals surface area contributed by atoms with Crippen LogP contribution in [-0.4, -0.2) is 31.6 Å². The molecule has 4 heteroatoms. The number of ether oxygens (including phenoxy) is 1. The van der Waals surface area contributed by atoms with Crippen LogP contribution in [0.25, 0.3) is 0 Å². The van der Waals surface area contributed by atoms with Gasteiger partial charge >= 0.3 is 0 Å². The smallest absolute Gasteiger partial charge is 0.119 e. The highest BCUT2D eigenvalue weighted by atomic mass is 16.5. The number of hydrogen-bond acceptors (Lipinski definition) is 4. The number of rotatable bonds is 15. The molecule has 0 unspecified atom stereocenters. The Morgan fingerprint density at radius 3 is 1.97 bits per heavy atom. The first kappa shape index (κ1) is 24.1. The van der Waals surface area contributed by atoms with Crippen LogP contribution in [0.3, 0.4) is 0 Å². The van der Waals surface area contributed by atoms with Gasteiger partial charge in [-0.3, -0.25) is 0 Å². The molecule has 0 fully saturated rings. The monoisotopic (exact) mass is 409 g/mol. The Balaban J connectivity index is 1.64. The third-order valence-corrected chi connectivity index (χ3v) is 5.18. The van der Waals surface area contributed by atoms with Gasteiger partial charge in [-0.2, -0.15) is 10.2 Å². The molecule has 164 valence electrons. The van der Waals surface area contributed by atoms with Gasteiger partial charge in [-0.1, -0.05) is 45.2 Å². The van der Waals surface area contributed by atoms with Crippen LogP contribution in [0.4, 0.5) is 11.4 Å². The molecule has 2 aromatic carbocycles. The summed E-state index contributed by atoms with van der Waals surface area (Å²) in [5.74, 6) is 0.900. The molecule has 0 heterocycles. The zero-order chi connectivity index (χ0) is 21.4.